The third kappa shape index (κ3) is 3.14. The van der Waals surface area contributed by atoms with Gasteiger partial charge < -0.3 is 20.5 Å². The fourth-order valence-electron chi connectivity index (χ4n) is 1.85. The minimum Gasteiger partial charge on any atom is -0.493 e. The number of nitrogens with two attached hydrogens (primary N) is 1. The summed E-state index contributed by atoms with van der Waals surface area (Å²) >= 11 is 0. The second kappa shape index (κ2) is 6.00. The van der Waals surface area contributed by atoms with Gasteiger partial charge in [0.05, 0.1) is 30.5 Å². The molecule has 0 aliphatic carbocycles. The van der Waals surface area contributed by atoms with Crippen molar-refractivity contribution in [1.82, 2.24) is 0 Å². The van der Waals surface area contributed by atoms with Gasteiger partial charge in [-0.3, -0.25) is 10.1 Å². The van der Waals surface area contributed by atoms with Crippen LogP contribution in [0, 0.1) is 10.1 Å². The third-order valence-corrected chi connectivity index (χ3v) is 2.91. The molecule has 2 rings (SSSR count). The van der Waals surface area contributed by atoms with Crippen LogP contribution in [0.25, 0.3) is 0 Å². The van der Waals surface area contributed by atoms with Crippen LogP contribution in [-0.2, 0) is 0 Å². The molecule has 7 nitrogen and oxygen atoms in total. The zero-order valence-corrected chi connectivity index (χ0v) is 11.6. The van der Waals surface area contributed by atoms with Gasteiger partial charge in [-0.1, -0.05) is 0 Å². The van der Waals surface area contributed by atoms with Crippen LogP contribution in [0.1, 0.15) is 0 Å². The number of benzene rings is 2. The average Bonchev–Trinajstić information content (AvgIpc) is 2.48. The van der Waals surface area contributed by atoms with E-state index in [1.165, 1.54) is 12.1 Å². The van der Waals surface area contributed by atoms with Gasteiger partial charge in [0.1, 0.15) is 0 Å². The van der Waals surface area contributed by atoms with Crippen molar-refractivity contribution in [3.05, 3.63) is 46.5 Å². The fourth-order valence-corrected chi connectivity index (χ4v) is 1.85. The molecule has 2 aromatic rings. The summed E-state index contributed by atoms with van der Waals surface area (Å²) in [6.07, 6.45) is 0. The molecule has 0 saturated heterocycles. The number of anilines is 3. The lowest BCUT2D eigenvalue weighted by Gasteiger charge is -2.12. The van der Waals surface area contributed by atoms with Crippen LogP contribution in [-0.4, -0.2) is 19.1 Å². The monoisotopic (exact) mass is 289 g/mol. The minimum absolute atomic E-state index is 0.0506. The molecule has 7 heteroatoms. The van der Waals surface area contributed by atoms with Crippen LogP contribution in [0.15, 0.2) is 36.4 Å². The smallest absolute Gasteiger partial charge is 0.271 e. The highest BCUT2D eigenvalue weighted by molar-refractivity contribution is 5.75. The standard InChI is InChI=1S/C14H15N3O4/c1-20-13-6-3-9(7-14(13)21-2)16-12-5-4-10(17(18)19)8-11(12)15/h3-8,16H,15H2,1-2H3. The molecule has 0 unspecified atom stereocenters. The van der Waals surface area contributed by atoms with E-state index in [2.05, 4.69) is 5.32 Å². The second-order valence-corrected chi connectivity index (χ2v) is 4.22. The van der Waals surface area contributed by atoms with Gasteiger partial charge >= 0.3 is 0 Å². The Morgan fingerprint density at radius 3 is 2.38 bits per heavy atom. The molecular formula is C14H15N3O4. The summed E-state index contributed by atoms with van der Waals surface area (Å²) in [5.74, 6) is 1.18. The molecule has 2 aromatic carbocycles. The molecule has 0 fully saturated rings. The summed E-state index contributed by atoms with van der Waals surface area (Å²) in [4.78, 5) is 10.2. The van der Waals surface area contributed by atoms with Gasteiger partial charge in [0.15, 0.2) is 11.5 Å². The first-order valence-corrected chi connectivity index (χ1v) is 6.08. The van der Waals surface area contributed by atoms with Gasteiger partial charge in [0.2, 0.25) is 0 Å². The van der Waals surface area contributed by atoms with Crippen molar-refractivity contribution in [1.29, 1.82) is 0 Å². The number of methoxy groups -OCH3 is 2. The number of nitro groups is 1. The first-order valence-electron chi connectivity index (χ1n) is 6.08. The van der Waals surface area contributed by atoms with Gasteiger partial charge in [0, 0.05) is 23.9 Å². The fraction of sp³-hybridized carbons (Fsp3) is 0.143. The van der Waals surface area contributed by atoms with Crippen molar-refractivity contribution in [2.24, 2.45) is 0 Å². The van der Waals surface area contributed by atoms with Crippen molar-refractivity contribution in [2.45, 2.75) is 0 Å². The third-order valence-electron chi connectivity index (χ3n) is 2.91. The summed E-state index contributed by atoms with van der Waals surface area (Å²) in [6.45, 7) is 0. The zero-order chi connectivity index (χ0) is 15.4. The van der Waals surface area contributed by atoms with E-state index in [1.54, 1.807) is 38.5 Å². The van der Waals surface area contributed by atoms with Crippen LogP contribution in [0.5, 0.6) is 11.5 Å². The van der Waals surface area contributed by atoms with Crippen LogP contribution in [0.4, 0.5) is 22.7 Å². The van der Waals surface area contributed by atoms with Crippen molar-refractivity contribution < 1.29 is 14.4 Å². The Hall–Kier alpha value is -2.96. The van der Waals surface area contributed by atoms with Crippen molar-refractivity contribution in [3.8, 4) is 11.5 Å². The molecule has 0 spiro atoms. The van der Waals surface area contributed by atoms with Crippen molar-refractivity contribution in [3.63, 3.8) is 0 Å². The highest BCUT2D eigenvalue weighted by Crippen LogP contribution is 2.33. The number of nitrogens with zero attached hydrogens (tertiary/aromatic N) is 1. The number of non-ortho nitro benzene ring substituents is 1. The van der Waals surface area contributed by atoms with Crippen LogP contribution >= 0.6 is 0 Å². The molecule has 0 amide bonds. The number of ether oxygens (including phenoxy) is 2. The lowest BCUT2D eigenvalue weighted by atomic mass is 10.2. The van der Waals surface area contributed by atoms with Crippen LogP contribution in [0.2, 0.25) is 0 Å². The Kier molecular flexibility index (Phi) is 4.13. The Bertz CT molecular complexity index is 673. The number of nitro benzene ring substituents is 1. The lowest BCUT2D eigenvalue weighted by Crippen LogP contribution is -1.99. The minimum atomic E-state index is -0.490. The van der Waals surface area contributed by atoms with Gasteiger partial charge in [-0.05, 0) is 18.2 Å². The number of nitrogens with one attached hydrogen (secondary N) is 1. The van der Waals surface area contributed by atoms with Crippen LogP contribution in [0.3, 0.4) is 0 Å². The zero-order valence-electron chi connectivity index (χ0n) is 11.6. The maximum absolute atomic E-state index is 10.7. The largest absolute Gasteiger partial charge is 0.493 e. The van der Waals surface area contributed by atoms with E-state index in [1.807, 2.05) is 0 Å². The summed E-state index contributed by atoms with van der Waals surface area (Å²) in [7, 11) is 3.10. The Morgan fingerprint density at radius 2 is 1.81 bits per heavy atom. The Morgan fingerprint density at radius 1 is 1.10 bits per heavy atom. The molecule has 0 bridgehead atoms. The van der Waals surface area contributed by atoms with E-state index in [0.717, 1.165) is 5.69 Å². The van der Waals surface area contributed by atoms with Gasteiger partial charge in [-0.2, -0.15) is 0 Å². The lowest BCUT2D eigenvalue weighted by molar-refractivity contribution is -0.384. The maximum Gasteiger partial charge on any atom is 0.271 e. The number of hydrogen-bond donors (Lipinski definition) is 2. The summed E-state index contributed by atoms with van der Waals surface area (Å²) in [5.41, 5.74) is 7.36. The molecule has 0 aliphatic heterocycles. The van der Waals surface area contributed by atoms with Crippen molar-refractivity contribution >= 4 is 22.7 Å². The van der Waals surface area contributed by atoms with E-state index in [9.17, 15) is 10.1 Å². The molecule has 21 heavy (non-hydrogen) atoms. The second-order valence-electron chi connectivity index (χ2n) is 4.22. The average molecular weight is 289 g/mol. The molecule has 0 radical (unpaired) electrons. The molecule has 0 saturated carbocycles. The van der Waals surface area contributed by atoms with Gasteiger partial charge in [-0.25, -0.2) is 0 Å². The molecule has 0 aromatic heterocycles. The number of nitrogen functional groups attached to an aromatic ring is 1. The Labute approximate surface area is 121 Å². The van der Waals surface area contributed by atoms with Crippen molar-refractivity contribution in [2.75, 3.05) is 25.3 Å². The van der Waals surface area contributed by atoms with E-state index in [-0.39, 0.29) is 5.69 Å². The van der Waals surface area contributed by atoms with Crippen LogP contribution < -0.4 is 20.5 Å². The quantitative estimate of drug-likeness (QED) is 0.498. The summed E-state index contributed by atoms with van der Waals surface area (Å²) in [6, 6.07) is 9.55. The highest BCUT2D eigenvalue weighted by atomic mass is 16.6. The number of hydrogen-bond acceptors (Lipinski definition) is 6. The van der Waals surface area contributed by atoms with E-state index < -0.39 is 4.92 Å². The van der Waals surface area contributed by atoms with Gasteiger partial charge in [0.25, 0.3) is 5.69 Å². The SMILES string of the molecule is COc1ccc(Nc2ccc([N+](=O)[O-])cc2N)cc1OC. The first kappa shape index (κ1) is 14.4. The molecular weight excluding hydrogens is 274 g/mol. The normalized spacial score (nSPS) is 10.0. The maximum atomic E-state index is 10.7. The highest BCUT2D eigenvalue weighted by Gasteiger charge is 2.10. The summed E-state index contributed by atoms with van der Waals surface area (Å²) < 4.78 is 10.4. The first-order chi connectivity index (χ1) is 10.0. The number of rotatable bonds is 5. The van der Waals surface area contributed by atoms with E-state index in [4.69, 9.17) is 15.2 Å². The molecule has 0 atom stereocenters. The molecule has 0 heterocycles. The van der Waals surface area contributed by atoms with E-state index in [0.29, 0.717) is 22.9 Å². The molecule has 110 valence electrons. The van der Waals surface area contributed by atoms with E-state index >= 15 is 0 Å². The molecule has 0 aliphatic rings. The predicted molar refractivity (Wildman–Crippen MR) is 80.3 cm³/mol. The topological polar surface area (TPSA) is 99.6 Å². The summed E-state index contributed by atoms with van der Waals surface area (Å²) in [5, 5.41) is 13.8. The van der Waals surface area contributed by atoms with Gasteiger partial charge in [-0.15, -0.1) is 0 Å². The Balaban J connectivity index is 2.28. The predicted octanol–water partition coefficient (Wildman–Crippen LogP) is 2.94. The molecule has 3 N–H and O–H groups in total.